The van der Waals surface area contributed by atoms with Gasteiger partial charge >= 0.3 is 0 Å². The first-order chi connectivity index (χ1) is 11.3. The zero-order valence-corrected chi connectivity index (χ0v) is 13.9. The molecule has 0 aliphatic carbocycles. The van der Waals surface area contributed by atoms with Gasteiger partial charge in [-0.1, -0.05) is 0 Å². The fourth-order valence-corrected chi connectivity index (χ4v) is 2.91. The lowest BCUT2D eigenvalue weighted by Gasteiger charge is -2.29. The molecule has 5 nitrogen and oxygen atoms in total. The summed E-state index contributed by atoms with van der Waals surface area (Å²) in [6, 6.07) is 11.4. The minimum absolute atomic E-state index is 0.139. The topological polar surface area (TPSA) is 57.3 Å². The van der Waals surface area contributed by atoms with Crippen LogP contribution in [0, 0.1) is 0 Å². The highest BCUT2D eigenvalue weighted by molar-refractivity contribution is 7.98. The Hall–Kier alpha value is -2.05. The molecule has 120 valence electrons. The molecule has 3 rings (SSSR count). The SMILES string of the molecule is CSc1ccc(C(=O)Nc2ccc(N3CCNCC3)cn2)cc1. The second-order valence-corrected chi connectivity index (χ2v) is 6.20. The van der Waals surface area contributed by atoms with E-state index in [2.05, 4.69) is 20.5 Å². The third kappa shape index (κ3) is 4.03. The molecule has 2 aromatic rings. The van der Waals surface area contributed by atoms with Crippen LogP contribution in [0.1, 0.15) is 10.4 Å². The van der Waals surface area contributed by atoms with Gasteiger partial charge < -0.3 is 15.5 Å². The minimum Gasteiger partial charge on any atom is -0.368 e. The van der Waals surface area contributed by atoms with Crippen LogP contribution in [0.25, 0.3) is 0 Å². The van der Waals surface area contributed by atoms with Crippen LogP contribution in [0.15, 0.2) is 47.5 Å². The van der Waals surface area contributed by atoms with Gasteiger partial charge in [0.1, 0.15) is 5.82 Å². The monoisotopic (exact) mass is 328 g/mol. The van der Waals surface area contributed by atoms with E-state index in [1.807, 2.05) is 48.9 Å². The first-order valence-electron chi connectivity index (χ1n) is 7.63. The normalized spacial score (nSPS) is 14.6. The molecule has 1 amide bonds. The zero-order valence-electron chi connectivity index (χ0n) is 13.1. The largest absolute Gasteiger partial charge is 0.368 e. The lowest BCUT2D eigenvalue weighted by atomic mass is 10.2. The Morgan fingerprint density at radius 1 is 1.17 bits per heavy atom. The minimum atomic E-state index is -0.139. The van der Waals surface area contributed by atoms with Gasteiger partial charge in [-0.3, -0.25) is 4.79 Å². The molecule has 0 bridgehead atoms. The first-order valence-corrected chi connectivity index (χ1v) is 8.86. The Morgan fingerprint density at radius 2 is 1.91 bits per heavy atom. The molecule has 1 aromatic carbocycles. The van der Waals surface area contributed by atoms with Crippen LogP contribution in [0.4, 0.5) is 11.5 Å². The van der Waals surface area contributed by atoms with Crippen LogP contribution < -0.4 is 15.5 Å². The summed E-state index contributed by atoms with van der Waals surface area (Å²) >= 11 is 1.66. The average Bonchev–Trinajstić information content (AvgIpc) is 2.63. The van der Waals surface area contributed by atoms with Crippen molar-refractivity contribution in [3.05, 3.63) is 48.2 Å². The molecular weight excluding hydrogens is 308 g/mol. The van der Waals surface area contributed by atoms with Gasteiger partial charge in [0, 0.05) is 36.6 Å². The number of thioether (sulfide) groups is 1. The molecule has 0 saturated carbocycles. The number of aromatic nitrogens is 1. The molecule has 1 aliphatic rings. The van der Waals surface area contributed by atoms with Crippen molar-refractivity contribution < 1.29 is 4.79 Å². The maximum Gasteiger partial charge on any atom is 0.256 e. The summed E-state index contributed by atoms with van der Waals surface area (Å²) < 4.78 is 0. The van der Waals surface area contributed by atoms with Crippen molar-refractivity contribution in [2.75, 3.05) is 42.7 Å². The van der Waals surface area contributed by atoms with Crippen LogP contribution in [0.5, 0.6) is 0 Å². The number of pyridine rings is 1. The third-order valence-corrected chi connectivity index (χ3v) is 4.57. The number of hydrogen-bond acceptors (Lipinski definition) is 5. The number of anilines is 2. The molecule has 0 radical (unpaired) electrons. The Bertz CT molecular complexity index is 651. The molecule has 1 fully saturated rings. The van der Waals surface area contributed by atoms with Crippen LogP contribution in [-0.4, -0.2) is 43.3 Å². The van der Waals surface area contributed by atoms with Crippen molar-refractivity contribution in [3.8, 4) is 0 Å². The Kier molecular flexibility index (Phi) is 5.15. The van der Waals surface area contributed by atoms with Crippen molar-refractivity contribution in [3.63, 3.8) is 0 Å². The standard InChI is InChI=1S/C17H20N4OS/c1-23-15-5-2-13(3-6-15)17(22)20-16-7-4-14(12-19-16)21-10-8-18-9-11-21/h2-7,12,18H,8-11H2,1H3,(H,19,20,22). The number of rotatable bonds is 4. The predicted molar refractivity (Wildman–Crippen MR) is 95.5 cm³/mol. The van der Waals surface area contributed by atoms with Crippen LogP contribution in [-0.2, 0) is 0 Å². The smallest absolute Gasteiger partial charge is 0.256 e. The maximum atomic E-state index is 12.2. The quantitative estimate of drug-likeness (QED) is 0.845. The molecule has 2 N–H and O–H groups in total. The zero-order chi connectivity index (χ0) is 16.1. The summed E-state index contributed by atoms with van der Waals surface area (Å²) in [5, 5.41) is 6.17. The summed E-state index contributed by atoms with van der Waals surface area (Å²) in [7, 11) is 0. The lowest BCUT2D eigenvalue weighted by Crippen LogP contribution is -2.43. The summed E-state index contributed by atoms with van der Waals surface area (Å²) in [5.74, 6) is 0.433. The molecule has 23 heavy (non-hydrogen) atoms. The van der Waals surface area contributed by atoms with Crippen molar-refractivity contribution in [2.45, 2.75) is 4.90 Å². The summed E-state index contributed by atoms with van der Waals surface area (Å²) in [6.07, 6.45) is 3.83. The summed E-state index contributed by atoms with van der Waals surface area (Å²) in [4.78, 5) is 20.0. The van der Waals surface area contributed by atoms with Crippen molar-refractivity contribution in [1.29, 1.82) is 0 Å². The maximum absolute atomic E-state index is 12.2. The van der Waals surface area contributed by atoms with Gasteiger partial charge in [0.05, 0.1) is 11.9 Å². The van der Waals surface area contributed by atoms with E-state index in [0.29, 0.717) is 11.4 Å². The molecule has 1 aromatic heterocycles. The Balaban J connectivity index is 1.63. The molecule has 1 aliphatic heterocycles. The second kappa shape index (κ2) is 7.48. The molecule has 0 atom stereocenters. The summed E-state index contributed by atoms with van der Waals surface area (Å²) in [6.45, 7) is 3.94. The molecule has 6 heteroatoms. The lowest BCUT2D eigenvalue weighted by molar-refractivity contribution is 0.102. The number of amides is 1. The highest BCUT2D eigenvalue weighted by Gasteiger charge is 2.11. The number of benzene rings is 1. The van der Waals surface area contributed by atoms with E-state index >= 15 is 0 Å². The van der Waals surface area contributed by atoms with E-state index in [0.717, 1.165) is 36.8 Å². The van der Waals surface area contributed by atoms with E-state index in [4.69, 9.17) is 0 Å². The fraction of sp³-hybridized carbons (Fsp3) is 0.294. The Morgan fingerprint density at radius 3 is 2.52 bits per heavy atom. The highest BCUT2D eigenvalue weighted by Crippen LogP contribution is 2.17. The highest BCUT2D eigenvalue weighted by atomic mass is 32.2. The van der Waals surface area contributed by atoms with Crippen LogP contribution in [0.3, 0.4) is 0 Å². The fourth-order valence-electron chi connectivity index (χ4n) is 2.50. The van der Waals surface area contributed by atoms with E-state index in [1.165, 1.54) is 0 Å². The van der Waals surface area contributed by atoms with Gasteiger partial charge in [-0.25, -0.2) is 4.98 Å². The number of carbonyl (C=O) groups is 1. The van der Waals surface area contributed by atoms with Gasteiger partial charge in [-0.15, -0.1) is 11.8 Å². The first kappa shape index (κ1) is 15.8. The van der Waals surface area contributed by atoms with Gasteiger partial charge in [-0.2, -0.15) is 0 Å². The molecule has 0 unspecified atom stereocenters. The van der Waals surface area contributed by atoms with Crippen LogP contribution in [0.2, 0.25) is 0 Å². The van der Waals surface area contributed by atoms with Crippen molar-refractivity contribution in [1.82, 2.24) is 10.3 Å². The predicted octanol–water partition coefficient (Wildman–Crippen LogP) is 2.47. The molecule has 1 saturated heterocycles. The van der Waals surface area contributed by atoms with E-state index < -0.39 is 0 Å². The van der Waals surface area contributed by atoms with Crippen LogP contribution >= 0.6 is 11.8 Å². The molecule has 2 heterocycles. The second-order valence-electron chi connectivity index (χ2n) is 5.32. The third-order valence-electron chi connectivity index (χ3n) is 3.82. The van der Waals surface area contributed by atoms with E-state index in [9.17, 15) is 4.79 Å². The van der Waals surface area contributed by atoms with E-state index in [1.54, 1.807) is 11.8 Å². The summed E-state index contributed by atoms with van der Waals surface area (Å²) in [5.41, 5.74) is 1.73. The average molecular weight is 328 g/mol. The number of piperazine rings is 1. The van der Waals surface area contributed by atoms with Gasteiger partial charge in [0.25, 0.3) is 5.91 Å². The van der Waals surface area contributed by atoms with E-state index in [-0.39, 0.29) is 5.91 Å². The van der Waals surface area contributed by atoms with Gasteiger partial charge in [0.2, 0.25) is 0 Å². The van der Waals surface area contributed by atoms with Crippen molar-refractivity contribution >= 4 is 29.2 Å². The number of hydrogen-bond donors (Lipinski definition) is 2. The number of nitrogens with one attached hydrogen (secondary N) is 2. The number of carbonyl (C=O) groups excluding carboxylic acids is 1. The molecular formula is C17H20N4OS. The Labute approximate surface area is 140 Å². The van der Waals surface area contributed by atoms with Crippen molar-refractivity contribution in [2.24, 2.45) is 0 Å². The van der Waals surface area contributed by atoms with Gasteiger partial charge in [0.15, 0.2) is 0 Å². The number of nitrogens with zero attached hydrogens (tertiary/aromatic N) is 2. The molecule has 0 spiro atoms. The van der Waals surface area contributed by atoms with Gasteiger partial charge in [-0.05, 0) is 42.7 Å².